The number of pyridine rings is 1. The summed E-state index contributed by atoms with van der Waals surface area (Å²) in [6, 6.07) is 65.8. The average Bonchev–Trinajstić information content (AvgIpc) is 3.98. The molecule has 0 radical (unpaired) electrons. The fourth-order valence-electron chi connectivity index (χ4n) is 10.3. The number of aromatic nitrogens is 4. The molecule has 362 valence electrons. The van der Waals surface area contributed by atoms with Gasteiger partial charge in [0.25, 0.3) is 6.33 Å². The normalized spacial score (nSPS) is 12.7. The van der Waals surface area contributed by atoms with Crippen LogP contribution in [0.5, 0.6) is 11.5 Å². The summed E-state index contributed by atoms with van der Waals surface area (Å²) in [5, 5.41) is 2.32. The third-order valence-corrected chi connectivity index (χ3v) is 15.2. The van der Waals surface area contributed by atoms with Crippen LogP contribution in [0.15, 0.2) is 194 Å². The van der Waals surface area contributed by atoms with Crippen molar-refractivity contribution in [2.45, 2.75) is 110 Å². The van der Waals surface area contributed by atoms with E-state index in [1.54, 1.807) is 0 Å². The molecule has 3 heterocycles. The summed E-state index contributed by atoms with van der Waals surface area (Å²) in [5.74, 6) is 2.39. The first-order valence-electron chi connectivity index (χ1n) is 25.4. The van der Waals surface area contributed by atoms with Crippen LogP contribution in [0, 0.1) is 6.33 Å². The predicted octanol–water partition coefficient (Wildman–Crippen LogP) is 16.4. The molecule has 7 aromatic carbocycles. The third kappa shape index (κ3) is 8.95. The molecule has 0 N–H and O–H groups in total. The topological polar surface area (TPSA) is 35.9 Å². The highest BCUT2D eigenvalue weighted by molar-refractivity contribution is 6.09. The van der Waals surface area contributed by atoms with Gasteiger partial charge in [0.15, 0.2) is 0 Å². The molecule has 72 heavy (non-hydrogen) atoms. The van der Waals surface area contributed by atoms with Crippen LogP contribution in [-0.2, 0) is 27.1 Å². The van der Waals surface area contributed by atoms with Crippen LogP contribution in [0.4, 0.5) is 0 Å². The van der Waals surface area contributed by atoms with E-state index in [4.69, 9.17) is 9.72 Å². The highest BCUT2D eigenvalue weighted by Gasteiger charge is 2.32. The summed E-state index contributed by atoms with van der Waals surface area (Å²) in [5.41, 5.74) is 12.7. The smallest absolute Gasteiger partial charge is 0.269 e. The quantitative estimate of drug-likeness (QED) is 0.0957. The number of fused-ring (bicyclic) bond motifs is 3. The van der Waals surface area contributed by atoms with Crippen molar-refractivity contribution in [2.75, 3.05) is 0 Å². The third-order valence-electron chi connectivity index (χ3n) is 15.2. The van der Waals surface area contributed by atoms with E-state index in [2.05, 4.69) is 291 Å². The van der Waals surface area contributed by atoms with E-state index in [0.29, 0.717) is 0 Å². The molecule has 0 saturated heterocycles. The minimum atomic E-state index is -0.425. The maximum atomic E-state index is 7.07. The lowest BCUT2D eigenvalue weighted by Gasteiger charge is -2.32. The van der Waals surface area contributed by atoms with Gasteiger partial charge in [-0.1, -0.05) is 198 Å². The molecule has 0 aliphatic rings. The molecule has 0 saturated carbocycles. The fourth-order valence-corrected chi connectivity index (χ4v) is 10.3. The lowest BCUT2D eigenvalue weighted by atomic mass is 9.73. The van der Waals surface area contributed by atoms with Gasteiger partial charge in [-0.2, -0.15) is 0 Å². The number of imidazole rings is 1. The van der Waals surface area contributed by atoms with Crippen molar-refractivity contribution in [1.82, 2.24) is 14.1 Å². The van der Waals surface area contributed by atoms with Crippen LogP contribution in [0.2, 0.25) is 0 Å². The van der Waals surface area contributed by atoms with Crippen LogP contribution in [0.1, 0.15) is 128 Å². The first-order chi connectivity index (χ1) is 34.2. The van der Waals surface area contributed by atoms with Crippen molar-refractivity contribution in [3.63, 3.8) is 0 Å². The van der Waals surface area contributed by atoms with Gasteiger partial charge in [0.2, 0.25) is 0 Å². The molecule has 10 rings (SSSR count). The Hall–Kier alpha value is -7.50. The lowest BCUT2D eigenvalue weighted by molar-refractivity contribution is -0.599. The molecule has 3 aromatic heterocycles. The summed E-state index contributed by atoms with van der Waals surface area (Å²) in [7, 11) is 0. The predicted molar refractivity (Wildman–Crippen MR) is 298 cm³/mol. The van der Waals surface area contributed by atoms with Crippen molar-refractivity contribution in [3.05, 3.63) is 245 Å². The van der Waals surface area contributed by atoms with Crippen LogP contribution in [0.25, 0.3) is 39.0 Å². The first kappa shape index (κ1) is 48.1. The van der Waals surface area contributed by atoms with E-state index in [1.165, 1.54) is 38.8 Å². The van der Waals surface area contributed by atoms with E-state index in [1.807, 2.05) is 6.20 Å². The van der Waals surface area contributed by atoms with Gasteiger partial charge in [-0.15, -0.1) is 0 Å². The Bertz CT molecular complexity index is 3510. The van der Waals surface area contributed by atoms with Gasteiger partial charge in [0, 0.05) is 45.5 Å². The Balaban J connectivity index is 1.15. The molecule has 0 fully saturated rings. The van der Waals surface area contributed by atoms with Gasteiger partial charge < -0.3 is 4.74 Å². The molecular weight excluding hydrogens is 877 g/mol. The Labute approximate surface area is 427 Å². The zero-order chi connectivity index (χ0) is 50.8. The summed E-state index contributed by atoms with van der Waals surface area (Å²) in [6.07, 6.45) is 8.17. The number of ether oxygens (including phenoxy) is 1. The summed E-state index contributed by atoms with van der Waals surface area (Å²) >= 11 is 0. The number of hydrogen-bond acceptors (Lipinski definition) is 2. The second-order valence-electron chi connectivity index (χ2n) is 23.3. The zero-order valence-electron chi connectivity index (χ0n) is 44.2. The Morgan fingerprint density at radius 1 is 0.431 bits per heavy atom. The second-order valence-corrected chi connectivity index (χ2v) is 23.3. The molecule has 0 aliphatic carbocycles. The molecular formula is C67H68N4O. The summed E-state index contributed by atoms with van der Waals surface area (Å²) < 4.78 is 13.8. The van der Waals surface area contributed by atoms with Crippen LogP contribution in [0.3, 0.4) is 0 Å². The number of benzene rings is 7. The minimum absolute atomic E-state index is 0.0291. The van der Waals surface area contributed by atoms with E-state index in [0.717, 1.165) is 56.4 Å². The molecule has 0 bridgehead atoms. The summed E-state index contributed by atoms with van der Waals surface area (Å²) in [6.45, 7) is 27.5. The van der Waals surface area contributed by atoms with Crippen LogP contribution >= 0.6 is 0 Å². The monoisotopic (exact) mass is 945 g/mol. The van der Waals surface area contributed by atoms with Crippen molar-refractivity contribution >= 4 is 21.8 Å². The van der Waals surface area contributed by atoms with Crippen molar-refractivity contribution in [3.8, 4) is 28.7 Å². The number of para-hydroxylation sites is 1. The largest absolute Gasteiger partial charge is 0.458 e. The average molecular weight is 945 g/mol. The van der Waals surface area contributed by atoms with Gasteiger partial charge in [0.05, 0.1) is 28.1 Å². The SMILES string of the molecule is CC(C)(C)c1cc(Oc2ccc3c4ccccc4n(-c4cc(C(C)(C)C)ccn4)c3c2)cc(-n2[c-][n+](-c3cc(C(C)(C)c4ccccc4)cc(C(C)(C)c4ccccc4)c3)cc2C(C)(C)c2ccccc2)c1. The van der Waals surface area contributed by atoms with Crippen LogP contribution in [-0.4, -0.2) is 14.1 Å². The van der Waals surface area contributed by atoms with E-state index in [-0.39, 0.29) is 21.7 Å². The van der Waals surface area contributed by atoms with E-state index >= 15 is 0 Å². The van der Waals surface area contributed by atoms with Crippen molar-refractivity contribution in [1.29, 1.82) is 0 Å². The Kier molecular flexibility index (Phi) is 12.0. The number of hydrogen-bond donors (Lipinski definition) is 0. The lowest BCUT2D eigenvalue weighted by Crippen LogP contribution is -2.32. The highest BCUT2D eigenvalue weighted by atomic mass is 16.5. The number of nitrogens with zero attached hydrogens (tertiary/aromatic N) is 4. The molecule has 0 spiro atoms. The Morgan fingerprint density at radius 2 is 0.972 bits per heavy atom. The van der Waals surface area contributed by atoms with Crippen molar-refractivity contribution < 1.29 is 9.30 Å². The number of rotatable bonds is 11. The highest BCUT2D eigenvalue weighted by Crippen LogP contribution is 2.41. The van der Waals surface area contributed by atoms with Crippen molar-refractivity contribution in [2.24, 2.45) is 0 Å². The molecule has 0 atom stereocenters. The van der Waals surface area contributed by atoms with E-state index < -0.39 is 5.41 Å². The maximum Gasteiger partial charge on any atom is 0.269 e. The Morgan fingerprint density at radius 3 is 1.56 bits per heavy atom. The standard InChI is InChI=1S/C67H68N4O/c1-63(2,3)49-34-35-68-62(41-49)71-59-31-23-22-30-57(59)58-33-32-55(43-60(58)71)72-56-40-50(64(4,5)6)37-54(42-56)70-45-69(44-61(70)67(11,12)48-28-20-15-21-29-48)53-38-51(65(7,8)46-24-16-13-17-25-46)36-52(39-53)66(9,10)47-26-18-14-19-27-47/h13-44H,1-12H3. The fraction of sp³-hybridized carbons (Fsp3) is 0.254. The van der Waals surface area contributed by atoms with Gasteiger partial charge >= 0.3 is 0 Å². The van der Waals surface area contributed by atoms with Gasteiger partial charge in [-0.25, -0.2) is 4.98 Å². The van der Waals surface area contributed by atoms with Crippen LogP contribution < -0.4 is 9.30 Å². The van der Waals surface area contributed by atoms with Gasteiger partial charge in [0.1, 0.15) is 17.3 Å². The zero-order valence-corrected chi connectivity index (χ0v) is 44.2. The first-order valence-corrected chi connectivity index (χ1v) is 25.4. The molecule has 5 heteroatoms. The minimum Gasteiger partial charge on any atom is -0.458 e. The molecule has 0 amide bonds. The molecule has 0 unspecified atom stereocenters. The maximum absolute atomic E-state index is 7.07. The second kappa shape index (κ2) is 18.0. The van der Waals surface area contributed by atoms with E-state index in [9.17, 15) is 0 Å². The molecule has 10 aromatic rings. The molecule has 5 nitrogen and oxygen atoms in total. The molecule has 0 aliphatic heterocycles. The van der Waals surface area contributed by atoms with Gasteiger partial charge in [-0.3, -0.25) is 13.7 Å². The summed E-state index contributed by atoms with van der Waals surface area (Å²) in [4.78, 5) is 4.94. The van der Waals surface area contributed by atoms with Gasteiger partial charge in [-0.05, 0) is 110 Å².